The molecule has 4 rings (SSSR count). The van der Waals surface area contributed by atoms with Gasteiger partial charge in [-0.1, -0.05) is 18.6 Å². The molecule has 0 unspecified atom stereocenters. The normalized spacial score (nSPS) is 21.5. The highest BCUT2D eigenvalue weighted by Crippen LogP contribution is 2.35. The summed E-state index contributed by atoms with van der Waals surface area (Å²) < 4.78 is 0. The zero-order chi connectivity index (χ0) is 18.1. The fraction of sp³-hybridized carbons (Fsp3) is 0.619. The molecule has 0 amide bonds. The number of allylic oxidation sites excluding steroid dienone is 1. The minimum Gasteiger partial charge on any atom is -0.309 e. The second kappa shape index (κ2) is 7.65. The molecule has 140 valence electrons. The molecule has 0 radical (unpaired) electrons. The summed E-state index contributed by atoms with van der Waals surface area (Å²) >= 11 is 1.73. The van der Waals surface area contributed by atoms with Gasteiger partial charge in [0.2, 0.25) is 0 Å². The lowest BCUT2D eigenvalue weighted by Gasteiger charge is -2.17. The van der Waals surface area contributed by atoms with E-state index in [9.17, 15) is 4.79 Å². The van der Waals surface area contributed by atoms with Crippen molar-refractivity contribution >= 4 is 21.6 Å². The number of thiophene rings is 1. The predicted molar refractivity (Wildman–Crippen MR) is 109 cm³/mol. The number of rotatable bonds is 5. The number of aryl methyl sites for hydroxylation is 1. The average molecular weight is 372 g/mol. The monoisotopic (exact) mass is 371 g/mol. The molecular weight excluding hydrogens is 342 g/mol. The number of nitrogens with one attached hydrogen (secondary N) is 2. The predicted octanol–water partition coefficient (Wildman–Crippen LogP) is 4.65. The van der Waals surface area contributed by atoms with Crippen molar-refractivity contribution in [2.24, 2.45) is 5.92 Å². The number of aromatic amines is 1. The quantitative estimate of drug-likeness (QED) is 0.752. The Kier molecular flexibility index (Phi) is 5.28. The first-order valence-corrected chi connectivity index (χ1v) is 10.9. The molecule has 0 fully saturated rings. The zero-order valence-corrected chi connectivity index (χ0v) is 16.7. The lowest BCUT2D eigenvalue weighted by atomic mass is 9.89. The van der Waals surface area contributed by atoms with Crippen molar-refractivity contribution in [3.63, 3.8) is 0 Å². The van der Waals surface area contributed by atoms with Crippen molar-refractivity contribution < 1.29 is 0 Å². The first-order chi connectivity index (χ1) is 12.6. The molecule has 0 saturated heterocycles. The average Bonchev–Trinajstić information content (AvgIpc) is 3.00. The van der Waals surface area contributed by atoms with E-state index >= 15 is 0 Å². The summed E-state index contributed by atoms with van der Waals surface area (Å²) in [5.41, 5.74) is 2.88. The number of H-pyrrole nitrogens is 1. The Bertz CT molecular complexity index is 879. The molecule has 0 aliphatic heterocycles. The molecular formula is C21H29N3OS. The van der Waals surface area contributed by atoms with Crippen LogP contribution in [-0.2, 0) is 12.8 Å². The van der Waals surface area contributed by atoms with E-state index < -0.39 is 0 Å². The van der Waals surface area contributed by atoms with Crippen LogP contribution in [0.3, 0.4) is 0 Å². The Balaban J connectivity index is 1.49. The minimum atomic E-state index is 0.0423. The molecule has 2 aromatic heterocycles. The van der Waals surface area contributed by atoms with Crippen molar-refractivity contribution in [3.05, 3.63) is 38.3 Å². The molecule has 2 aliphatic rings. The lowest BCUT2D eigenvalue weighted by Crippen LogP contribution is -2.25. The Morgan fingerprint density at radius 1 is 1.38 bits per heavy atom. The summed E-state index contributed by atoms with van der Waals surface area (Å²) in [4.78, 5) is 22.9. The van der Waals surface area contributed by atoms with Crippen LogP contribution in [0.15, 0.2) is 16.4 Å². The Hall–Kier alpha value is -1.46. The van der Waals surface area contributed by atoms with Crippen molar-refractivity contribution in [2.75, 3.05) is 6.54 Å². The van der Waals surface area contributed by atoms with Gasteiger partial charge in [0.1, 0.15) is 10.7 Å². The van der Waals surface area contributed by atoms with E-state index in [1.165, 1.54) is 42.5 Å². The standard InChI is InChI=1S/C21H29N3OS/c1-13-8-9-16-17(12-13)26-21-18(16)20(25)23-19(24-21)14(2)22-11-10-15-6-4-3-5-7-15/h6,13-14,22H,3-5,7-12H2,1-2H3,(H,23,24,25)/t13-,14-/m0/s1. The number of nitrogens with zero attached hydrogens (tertiary/aromatic N) is 1. The third-order valence-electron chi connectivity index (χ3n) is 5.88. The first-order valence-electron chi connectivity index (χ1n) is 10.1. The molecule has 26 heavy (non-hydrogen) atoms. The molecule has 0 spiro atoms. The largest absolute Gasteiger partial charge is 0.309 e. The van der Waals surface area contributed by atoms with Gasteiger partial charge >= 0.3 is 0 Å². The molecule has 0 saturated carbocycles. The molecule has 2 heterocycles. The number of aromatic nitrogens is 2. The van der Waals surface area contributed by atoms with Gasteiger partial charge in [0.05, 0.1) is 11.4 Å². The van der Waals surface area contributed by atoms with Gasteiger partial charge in [-0.3, -0.25) is 4.79 Å². The van der Waals surface area contributed by atoms with Crippen LogP contribution in [0.5, 0.6) is 0 Å². The van der Waals surface area contributed by atoms with Gasteiger partial charge in [0.25, 0.3) is 5.56 Å². The van der Waals surface area contributed by atoms with E-state index in [0.29, 0.717) is 5.92 Å². The molecule has 2 atom stereocenters. The SMILES string of the molecule is C[C@H]1CCc2c(sc3nc([C@H](C)NCCC4=CCCCC4)[nH]c(=O)c23)C1. The minimum absolute atomic E-state index is 0.0423. The third kappa shape index (κ3) is 3.65. The van der Waals surface area contributed by atoms with Crippen LogP contribution in [0.2, 0.25) is 0 Å². The van der Waals surface area contributed by atoms with Gasteiger partial charge in [-0.25, -0.2) is 4.98 Å². The summed E-state index contributed by atoms with van der Waals surface area (Å²) in [6.45, 7) is 5.33. The topological polar surface area (TPSA) is 57.8 Å². The number of fused-ring (bicyclic) bond motifs is 3. The molecule has 0 bridgehead atoms. The van der Waals surface area contributed by atoms with Crippen LogP contribution >= 0.6 is 11.3 Å². The van der Waals surface area contributed by atoms with Gasteiger partial charge in [0, 0.05) is 4.88 Å². The van der Waals surface area contributed by atoms with E-state index in [0.717, 1.165) is 41.8 Å². The van der Waals surface area contributed by atoms with Gasteiger partial charge in [0.15, 0.2) is 0 Å². The fourth-order valence-corrected chi connectivity index (χ4v) is 5.64. The summed E-state index contributed by atoms with van der Waals surface area (Å²) in [5, 5.41) is 4.39. The highest BCUT2D eigenvalue weighted by Gasteiger charge is 2.23. The van der Waals surface area contributed by atoms with E-state index in [-0.39, 0.29) is 11.6 Å². The number of hydrogen-bond acceptors (Lipinski definition) is 4. The third-order valence-corrected chi connectivity index (χ3v) is 7.02. The smallest absolute Gasteiger partial charge is 0.259 e. The van der Waals surface area contributed by atoms with Gasteiger partial charge in [-0.2, -0.15) is 0 Å². The van der Waals surface area contributed by atoms with Crippen molar-refractivity contribution in [2.45, 2.75) is 71.3 Å². The van der Waals surface area contributed by atoms with Crippen LogP contribution in [0.25, 0.3) is 10.2 Å². The molecule has 2 aliphatic carbocycles. The van der Waals surface area contributed by atoms with Crippen LogP contribution < -0.4 is 10.9 Å². The molecule has 4 nitrogen and oxygen atoms in total. The van der Waals surface area contributed by atoms with E-state index in [2.05, 4.69) is 30.2 Å². The van der Waals surface area contributed by atoms with E-state index in [1.54, 1.807) is 16.9 Å². The maximum Gasteiger partial charge on any atom is 0.259 e. The number of hydrogen-bond donors (Lipinski definition) is 2. The summed E-state index contributed by atoms with van der Waals surface area (Å²) in [6.07, 6.45) is 11.9. The van der Waals surface area contributed by atoms with Crippen molar-refractivity contribution in [1.29, 1.82) is 0 Å². The highest BCUT2D eigenvalue weighted by molar-refractivity contribution is 7.18. The first kappa shape index (κ1) is 17.9. The van der Waals surface area contributed by atoms with Crippen LogP contribution in [-0.4, -0.2) is 16.5 Å². The fourth-order valence-electron chi connectivity index (χ4n) is 4.25. The Morgan fingerprint density at radius 2 is 2.27 bits per heavy atom. The summed E-state index contributed by atoms with van der Waals surface area (Å²) in [6, 6.07) is 0.0642. The van der Waals surface area contributed by atoms with Crippen molar-refractivity contribution in [1.82, 2.24) is 15.3 Å². The van der Waals surface area contributed by atoms with E-state index in [1.807, 2.05) is 0 Å². The maximum atomic E-state index is 12.7. The molecule has 5 heteroatoms. The van der Waals surface area contributed by atoms with Crippen LogP contribution in [0.1, 0.15) is 74.7 Å². The molecule has 2 N–H and O–H groups in total. The molecule has 2 aromatic rings. The van der Waals surface area contributed by atoms with Gasteiger partial charge in [-0.15, -0.1) is 11.3 Å². The Morgan fingerprint density at radius 3 is 3.08 bits per heavy atom. The van der Waals surface area contributed by atoms with Crippen LogP contribution in [0.4, 0.5) is 0 Å². The van der Waals surface area contributed by atoms with Gasteiger partial charge in [-0.05, 0) is 76.3 Å². The summed E-state index contributed by atoms with van der Waals surface area (Å²) in [5.74, 6) is 1.48. The summed E-state index contributed by atoms with van der Waals surface area (Å²) in [7, 11) is 0. The van der Waals surface area contributed by atoms with E-state index in [4.69, 9.17) is 4.98 Å². The highest BCUT2D eigenvalue weighted by atomic mass is 32.1. The van der Waals surface area contributed by atoms with Crippen molar-refractivity contribution in [3.8, 4) is 0 Å². The Labute approximate surface area is 159 Å². The lowest BCUT2D eigenvalue weighted by molar-refractivity contribution is 0.509. The van der Waals surface area contributed by atoms with Crippen LogP contribution in [0, 0.1) is 5.92 Å². The van der Waals surface area contributed by atoms with Gasteiger partial charge < -0.3 is 10.3 Å². The molecule has 0 aromatic carbocycles. The zero-order valence-electron chi connectivity index (χ0n) is 15.9. The second-order valence-electron chi connectivity index (χ2n) is 8.02. The maximum absolute atomic E-state index is 12.7. The second-order valence-corrected chi connectivity index (χ2v) is 9.10.